The number of hydrogen-bond donors (Lipinski definition) is 0. The van der Waals surface area contributed by atoms with Crippen molar-refractivity contribution in [2.75, 3.05) is 6.61 Å². The molecule has 0 saturated heterocycles. The van der Waals surface area contributed by atoms with Crippen molar-refractivity contribution in [1.29, 1.82) is 0 Å². The van der Waals surface area contributed by atoms with Crippen LogP contribution in [-0.2, 0) is 14.3 Å². The Labute approximate surface area is 96.9 Å². The summed E-state index contributed by atoms with van der Waals surface area (Å²) in [5, 5.41) is 0. The molecule has 0 N–H and O–H groups in total. The maximum Gasteiger partial charge on any atom is 0.296 e. The molecule has 3 nitrogen and oxygen atoms in total. The molecule has 0 saturated carbocycles. The van der Waals surface area contributed by atoms with Crippen LogP contribution in [0.15, 0.2) is 41.8 Å². The van der Waals surface area contributed by atoms with Crippen LogP contribution in [-0.4, -0.2) is 15.0 Å². The van der Waals surface area contributed by atoms with Crippen molar-refractivity contribution < 1.29 is 12.6 Å². The zero-order chi connectivity index (χ0) is 12.2. The van der Waals surface area contributed by atoms with E-state index < -0.39 is 10.1 Å². The molecule has 4 heteroatoms. The highest BCUT2D eigenvalue weighted by molar-refractivity contribution is 7.86. The molecule has 1 rings (SSSR count). The van der Waals surface area contributed by atoms with Crippen LogP contribution in [0.25, 0.3) is 0 Å². The molecule has 0 amide bonds. The zero-order valence-electron chi connectivity index (χ0n) is 9.51. The Morgan fingerprint density at radius 3 is 2.44 bits per heavy atom. The van der Waals surface area contributed by atoms with Gasteiger partial charge in [0.15, 0.2) is 0 Å². The van der Waals surface area contributed by atoms with E-state index in [1.54, 1.807) is 30.3 Å². The van der Waals surface area contributed by atoms with Gasteiger partial charge in [0.05, 0.1) is 11.5 Å². The molecule has 16 heavy (non-hydrogen) atoms. The molecule has 0 spiro atoms. The van der Waals surface area contributed by atoms with E-state index in [9.17, 15) is 8.42 Å². The summed E-state index contributed by atoms with van der Waals surface area (Å²) >= 11 is 0. The van der Waals surface area contributed by atoms with Gasteiger partial charge in [-0.25, -0.2) is 0 Å². The standard InChI is InChI=1S/C12H16O3S/c1-4-10(2)9-15-16(13,14)12-7-5-11(3)6-8-12/h4-8,10H,1,9H2,2-3H3. The third kappa shape index (κ3) is 3.47. The zero-order valence-corrected chi connectivity index (χ0v) is 10.3. The lowest BCUT2D eigenvalue weighted by Crippen LogP contribution is -2.11. The van der Waals surface area contributed by atoms with E-state index >= 15 is 0 Å². The molecule has 0 radical (unpaired) electrons. The number of benzene rings is 1. The second-order valence-electron chi connectivity index (χ2n) is 3.76. The Morgan fingerprint density at radius 1 is 1.38 bits per heavy atom. The molecule has 1 atom stereocenters. The highest BCUT2D eigenvalue weighted by Crippen LogP contribution is 2.14. The number of hydrogen-bond acceptors (Lipinski definition) is 3. The average Bonchev–Trinajstić information content (AvgIpc) is 2.26. The van der Waals surface area contributed by atoms with E-state index in [0.29, 0.717) is 0 Å². The molecule has 1 unspecified atom stereocenters. The molecule has 0 aromatic heterocycles. The van der Waals surface area contributed by atoms with Gasteiger partial charge in [-0.05, 0) is 25.0 Å². The quantitative estimate of drug-likeness (QED) is 0.586. The molecule has 0 aliphatic heterocycles. The highest BCUT2D eigenvalue weighted by Gasteiger charge is 2.15. The van der Waals surface area contributed by atoms with E-state index in [2.05, 4.69) is 6.58 Å². The summed E-state index contributed by atoms with van der Waals surface area (Å²) in [5.74, 6) is 0.0141. The van der Waals surface area contributed by atoms with Gasteiger partial charge >= 0.3 is 0 Å². The number of rotatable bonds is 5. The summed E-state index contributed by atoms with van der Waals surface area (Å²) in [6.07, 6.45) is 1.66. The fraction of sp³-hybridized carbons (Fsp3) is 0.333. The van der Waals surface area contributed by atoms with E-state index in [0.717, 1.165) is 5.56 Å². The Morgan fingerprint density at radius 2 is 1.94 bits per heavy atom. The van der Waals surface area contributed by atoms with Crippen molar-refractivity contribution in [3.05, 3.63) is 42.5 Å². The summed E-state index contributed by atoms with van der Waals surface area (Å²) in [7, 11) is -3.63. The number of aryl methyl sites for hydroxylation is 1. The van der Waals surface area contributed by atoms with Crippen molar-refractivity contribution in [3.63, 3.8) is 0 Å². The molecule has 1 aromatic carbocycles. The fourth-order valence-electron chi connectivity index (χ4n) is 1.04. The van der Waals surface area contributed by atoms with E-state index in [4.69, 9.17) is 4.18 Å². The summed E-state index contributed by atoms with van der Waals surface area (Å²) < 4.78 is 28.3. The van der Waals surface area contributed by atoms with Gasteiger partial charge in [-0.1, -0.05) is 30.7 Å². The van der Waals surface area contributed by atoms with Crippen LogP contribution >= 0.6 is 0 Å². The van der Waals surface area contributed by atoms with Crippen LogP contribution in [0, 0.1) is 12.8 Å². The first-order valence-corrected chi connectivity index (χ1v) is 6.45. The van der Waals surface area contributed by atoms with Crippen molar-refractivity contribution in [1.82, 2.24) is 0 Å². The van der Waals surface area contributed by atoms with Crippen molar-refractivity contribution in [3.8, 4) is 0 Å². The molecule has 0 heterocycles. The fourth-order valence-corrected chi connectivity index (χ4v) is 2.04. The Hall–Kier alpha value is -1.13. The van der Waals surface area contributed by atoms with Crippen molar-refractivity contribution >= 4 is 10.1 Å². The van der Waals surface area contributed by atoms with Gasteiger partial charge < -0.3 is 0 Å². The largest absolute Gasteiger partial charge is 0.296 e. The maximum atomic E-state index is 11.7. The van der Waals surface area contributed by atoms with Gasteiger partial charge in [0.25, 0.3) is 10.1 Å². The molecule has 0 fully saturated rings. The Kier molecular flexibility index (Phi) is 4.26. The lowest BCUT2D eigenvalue weighted by molar-refractivity contribution is 0.288. The molecular weight excluding hydrogens is 224 g/mol. The Balaban J connectivity index is 2.78. The lowest BCUT2D eigenvalue weighted by atomic mass is 10.2. The van der Waals surface area contributed by atoms with Crippen LogP contribution in [0.1, 0.15) is 12.5 Å². The molecule has 88 valence electrons. The SMILES string of the molecule is C=CC(C)COS(=O)(=O)c1ccc(C)cc1. The van der Waals surface area contributed by atoms with Crippen LogP contribution in [0.5, 0.6) is 0 Å². The van der Waals surface area contributed by atoms with Gasteiger partial charge in [0.2, 0.25) is 0 Å². The molecule has 0 bridgehead atoms. The molecule has 1 aromatic rings. The summed E-state index contributed by atoms with van der Waals surface area (Å²) in [4.78, 5) is 0.189. The monoisotopic (exact) mass is 240 g/mol. The third-order valence-electron chi connectivity index (χ3n) is 2.20. The molecule has 0 aliphatic rings. The Bertz CT molecular complexity index is 446. The smallest absolute Gasteiger partial charge is 0.266 e. The van der Waals surface area contributed by atoms with Crippen LogP contribution in [0.2, 0.25) is 0 Å². The summed E-state index contributed by atoms with van der Waals surface area (Å²) in [5.41, 5.74) is 1.01. The van der Waals surface area contributed by atoms with Gasteiger partial charge in [0, 0.05) is 0 Å². The minimum Gasteiger partial charge on any atom is -0.266 e. The second-order valence-corrected chi connectivity index (χ2v) is 5.38. The van der Waals surface area contributed by atoms with Gasteiger partial charge in [-0.15, -0.1) is 6.58 Å². The average molecular weight is 240 g/mol. The molecule has 0 aliphatic carbocycles. The summed E-state index contributed by atoms with van der Waals surface area (Å²) in [6, 6.07) is 6.58. The lowest BCUT2D eigenvalue weighted by Gasteiger charge is -2.08. The van der Waals surface area contributed by atoms with Crippen LogP contribution < -0.4 is 0 Å². The predicted molar refractivity (Wildman–Crippen MR) is 63.7 cm³/mol. The highest BCUT2D eigenvalue weighted by atomic mass is 32.2. The van der Waals surface area contributed by atoms with E-state index in [-0.39, 0.29) is 17.4 Å². The van der Waals surface area contributed by atoms with Gasteiger partial charge in [-0.3, -0.25) is 4.18 Å². The van der Waals surface area contributed by atoms with E-state index in [1.807, 2.05) is 13.8 Å². The maximum absolute atomic E-state index is 11.7. The van der Waals surface area contributed by atoms with Gasteiger partial charge in [-0.2, -0.15) is 8.42 Å². The minimum atomic E-state index is -3.63. The molecular formula is C12H16O3S. The summed E-state index contributed by atoms with van der Waals surface area (Å²) in [6.45, 7) is 7.44. The first-order chi connectivity index (χ1) is 7.45. The van der Waals surface area contributed by atoms with E-state index in [1.165, 1.54) is 0 Å². The first-order valence-electron chi connectivity index (χ1n) is 5.04. The van der Waals surface area contributed by atoms with Gasteiger partial charge in [0.1, 0.15) is 0 Å². The predicted octanol–water partition coefficient (Wildman–Crippen LogP) is 2.52. The van der Waals surface area contributed by atoms with Crippen molar-refractivity contribution in [2.45, 2.75) is 18.7 Å². The van der Waals surface area contributed by atoms with Crippen molar-refractivity contribution in [2.24, 2.45) is 5.92 Å². The van der Waals surface area contributed by atoms with Crippen LogP contribution in [0.4, 0.5) is 0 Å². The third-order valence-corrected chi connectivity index (χ3v) is 3.49. The first kappa shape index (κ1) is 12.9. The topological polar surface area (TPSA) is 43.4 Å². The van der Waals surface area contributed by atoms with Crippen LogP contribution in [0.3, 0.4) is 0 Å². The second kappa shape index (κ2) is 5.27. The minimum absolute atomic E-state index is 0.0141. The normalized spacial score (nSPS) is 13.4.